The van der Waals surface area contributed by atoms with Crippen molar-refractivity contribution in [1.82, 2.24) is 5.32 Å². The van der Waals surface area contributed by atoms with Crippen LogP contribution in [0.5, 0.6) is 11.5 Å². The second-order valence-corrected chi connectivity index (χ2v) is 4.65. The average Bonchev–Trinajstić information content (AvgIpc) is 2.32. The topological polar surface area (TPSA) is 61.7 Å². The molecule has 0 radical (unpaired) electrons. The van der Waals surface area contributed by atoms with Crippen LogP contribution < -0.4 is 10.1 Å². The normalized spacial score (nSPS) is 18.9. The summed E-state index contributed by atoms with van der Waals surface area (Å²) in [5.74, 6) is 0.819. The number of piperidine rings is 1. The zero-order valence-electron chi connectivity index (χ0n) is 10.1. The van der Waals surface area contributed by atoms with Crippen molar-refractivity contribution in [3.8, 4) is 11.5 Å². The Bertz CT molecular complexity index is 386. The summed E-state index contributed by atoms with van der Waals surface area (Å²) in [6, 6.07) is 5.20. The van der Waals surface area contributed by atoms with E-state index in [1.165, 1.54) is 0 Å². The fourth-order valence-electron chi connectivity index (χ4n) is 2.24. The third kappa shape index (κ3) is 2.90. The number of phenols is 1. The lowest BCUT2D eigenvalue weighted by Gasteiger charge is -2.32. The second kappa shape index (κ2) is 4.94. The van der Waals surface area contributed by atoms with Crippen molar-refractivity contribution in [3.05, 3.63) is 23.8 Å². The molecule has 0 spiro atoms. The fourth-order valence-corrected chi connectivity index (χ4v) is 2.24. The van der Waals surface area contributed by atoms with Crippen molar-refractivity contribution in [3.63, 3.8) is 0 Å². The van der Waals surface area contributed by atoms with Gasteiger partial charge in [0, 0.05) is 12.5 Å². The number of methoxy groups -OCH3 is 1. The molecule has 1 aromatic carbocycles. The molecule has 0 bridgehead atoms. The molecule has 1 aliphatic rings. The molecule has 17 heavy (non-hydrogen) atoms. The monoisotopic (exact) mass is 237 g/mol. The Morgan fingerprint density at radius 3 is 2.65 bits per heavy atom. The van der Waals surface area contributed by atoms with Gasteiger partial charge in [-0.3, -0.25) is 0 Å². The van der Waals surface area contributed by atoms with Crippen molar-refractivity contribution in [2.24, 2.45) is 0 Å². The van der Waals surface area contributed by atoms with Crippen LogP contribution in [0.2, 0.25) is 0 Å². The number of ether oxygens (including phenoxy) is 1. The first kappa shape index (κ1) is 12.2. The van der Waals surface area contributed by atoms with E-state index in [4.69, 9.17) is 4.74 Å². The molecule has 0 aliphatic carbocycles. The van der Waals surface area contributed by atoms with E-state index in [-0.39, 0.29) is 5.75 Å². The van der Waals surface area contributed by atoms with E-state index in [9.17, 15) is 10.2 Å². The summed E-state index contributed by atoms with van der Waals surface area (Å²) >= 11 is 0. The van der Waals surface area contributed by atoms with Crippen molar-refractivity contribution >= 4 is 0 Å². The second-order valence-electron chi connectivity index (χ2n) is 4.65. The summed E-state index contributed by atoms with van der Waals surface area (Å²) in [4.78, 5) is 0. The summed E-state index contributed by atoms with van der Waals surface area (Å²) in [6.45, 7) is 1.65. The standard InChI is InChI=1S/C13H19NO3/c1-17-11-3-2-10(12(15)8-11)9-13(16)4-6-14-7-5-13/h2-3,8,14-16H,4-7,9H2,1H3. The lowest BCUT2D eigenvalue weighted by molar-refractivity contribution is 0.0104. The molecule has 2 rings (SSSR count). The number of benzene rings is 1. The molecule has 1 aromatic rings. The van der Waals surface area contributed by atoms with Crippen molar-refractivity contribution in [2.75, 3.05) is 20.2 Å². The zero-order valence-corrected chi connectivity index (χ0v) is 10.1. The highest BCUT2D eigenvalue weighted by atomic mass is 16.5. The SMILES string of the molecule is COc1ccc(CC2(O)CCNCC2)c(O)c1. The summed E-state index contributed by atoms with van der Waals surface area (Å²) in [5.41, 5.74) is 0.0762. The van der Waals surface area contributed by atoms with Gasteiger partial charge in [-0.15, -0.1) is 0 Å². The van der Waals surface area contributed by atoms with Crippen LogP contribution in [0.3, 0.4) is 0 Å². The highest BCUT2D eigenvalue weighted by Crippen LogP contribution is 2.30. The Hall–Kier alpha value is -1.26. The molecule has 0 atom stereocenters. The largest absolute Gasteiger partial charge is 0.508 e. The van der Waals surface area contributed by atoms with Gasteiger partial charge in [0.15, 0.2) is 0 Å². The van der Waals surface area contributed by atoms with Gasteiger partial charge in [0.1, 0.15) is 11.5 Å². The Morgan fingerprint density at radius 1 is 1.35 bits per heavy atom. The van der Waals surface area contributed by atoms with Crippen LogP contribution in [0.4, 0.5) is 0 Å². The summed E-state index contributed by atoms with van der Waals surface area (Å²) in [6.07, 6.45) is 1.93. The van der Waals surface area contributed by atoms with Gasteiger partial charge < -0.3 is 20.3 Å². The van der Waals surface area contributed by atoms with Crippen molar-refractivity contribution in [1.29, 1.82) is 0 Å². The predicted octanol–water partition coefficient (Wildman–Crippen LogP) is 1.06. The van der Waals surface area contributed by atoms with Gasteiger partial charge in [0.25, 0.3) is 0 Å². The minimum atomic E-state index is -0.697. The Morgan fingerprint density at radius 2 is 2.06 bits per heavy atom. The van der Waals surface area contributed by atoms with E-state index in [1.807, 2.05) is 6.07 Å². The quantitative estimate of drug-likeness (QED) is 0.735. The molecule has 94 valence electrons. The van der Waals surface area contributed by atoms with E-state index >= 15 is 0 Å². The first-order valence-electron chi connectivity index (χ1n) is 5.92. The minimum absolute atomic E-state index is 0.191. The van der Waals surface area contributed by atoms with E-state index in [0.29, 0.717) is 12.2 Å². The van der Waals surface area contributed by atoms with E-state index in [0.717, 1.165) is 31.5 Å². The van der Waals surface area contributed by atoms with Crippen LogP contribution in [0.1, 0.15) is 18.4 Å². The lowest BCUT2D eigenvalue weighted by Crippen LogP contribution is -2.43. The van der Waals surface area contributed by atoms with E-state index in [1.54, 1.807) is 19.2 Å². The maximum absolute atomic E-state index is 10.4. The third-order valence-corrected chi connectivity index (χ3v) is 3.35. The van der Waals surface area contributed by atoms with Gasteiger partial charge in [0.2, 0.25) is 0 Å². The first-order chi connectivity index (χ1) is 8.13. The van der Waals surface area contributed by atoms with Crippen LogP contribution >= 0.6 is 0 Å². The third-order valence-electron chi connectivity index (χ3n) is 3.35. The minimum Gasteiger partial charge on any atom is -0.508 e. The molecular weight excluding hydrogens is 218 g/mol. The number of rotatable bonds is 3. The fraction of sp³-hybridized carbons (Fsp3) is 0.538. The van der Waals surface area contributed by atoms with E-state index < -0.39 is 5.60 Å². The van der Waals surface area contributed by atoms with Gasteiger partial charge in [-0.25, -0.2) is 0 Å². The highest BCUT2D eigenvalue weighted by Gasteiger charge is 2.30. The predicted molar refractivity (Wildman–Crippen MR) is 65.4 cm³/mol. The molecule has 0 aromatic heterocycles. The van der Waals surface area contributed by atoms with Gasteiger partial charge in [-0.1, -0.05) is 6.07 Å². The average molecular weight is 237 g/mol. The lowest BCUT2D eigenvalue weighted by atomic mass is 9.86. The molecule has 4 nitrogen and oxygen atoms in total. The van der Waals surface area contributed by atoms with Crippen LogP contribution in [0.15, 0.2) is 18.2 Å². The summed E-state index contributed by atoms with van der Waals surface area (Å²) < 4.78 is 5.03. The molecule has 1 heterocycles. The van der Waals surface area contributed by atoms with E-state index in [2.05, 4.69) is 5.32 Å². The molecule has 1 saturated heterocycles. The Kier molecular flexibility index (Phi) is 3.54. The molecule has 1 aliphatic heterocycles. The molecule has 3 N–H and O–H groups in total. The first-order valence-corrected chi connectivity index (χ1v) is 5.92. The number of phenolic OH excluding ortho intramolecular Hbond substituents is 1. The molecular formula is C13H19NO3. The highest BCUT2D eigenvalue weighted by molar-refractivity contribution is 5.40. The van der Waals surface area contributed by atoms with Crippen LogP contribution in [0, 0.1) is 0 Å². The van der Waals surface area contributed by atoms with Crippen LogP contribution in [-0.4, -0.2) is 36.0 Å². The number of hydrogen-bond donors (Lipinski definition) is 3. The van der Waals surface area contributed by atoms with Gasteiger partial charge >= 0.3 is 0 Å². The number of hydrogen-bond acceptors (Lipinski definition) is 4. The zero-order chi connectivity index (χ0) is 12.3. The number of aliphatic hydroxyl groups is 1. The maximum atomic E-state index is 10.4. The smallest absolute Gasteiger partial charge is 0.122 e. The van der Waals surface area contributed by atoms with Crippen molar-refractivity contribution in [2.45, 2.75) is 24.9 Å². The summed E-state index contributed by atoms with van der Waals surface area (Å²) in [5, 5.41) is 23.5. The number of nitrogens with one attached hydrogen (secondary N) is 1. The molecule has 0 amide bonds. The Balaban J connectivity index is 2.12. The Labute approximate surface area is 101 Å². The van der Waals surface area contributed by atoms with Crippen LogP contribution in [-0.2, 0) is 6.42 Å². The number of aromatic hydroxyl groups is 1. The summed E-state index contributed by atoms with van der Waals surface area (Å²) in [7, 11) is 1.56. The van der Waals surface area contributed by atoms with Crippen molar-refractivity contribution < 1.29 is 14.9 Å². The van der Waals surface area contributed by atoms with Gasteiger partial charge in [-0.2, -0.15) is 0 Å². The molecule has 1 fully saturated rings. The van der Waals surface area contributed by atoms with Gasteiger partial charge in [0.05, 0.1) is 12.7 Å². The molecule has 0 saturated carbocycles. The molecule has 4 heteroatoms. The maximum Gasteiger partial charge on any atom is 0.122 e. The van der Waals surface area contributed by atoms with Gasteiger partial charge in [-0.05, 0) is 37.6 Å². The molecule has 0 unspecified atom stereocenters. The van der Waals surface area contributed by atoms with Crippen LogP contribution in [0.25, 0.3) is 0 Å².